The lowest BCUT2D eigenvalue weighted by Crippen LogP contribution is -2.25. The van der Waals surface area contributed by atoms with Crippen LogP contribution in [0, 0.1) is 0 Å². The lowest BCUT2D eigenvalue weighted by Gasteiger charge is -2.21. The molecule has 0 aliphatic carbocycles. The van der Waals surface area contributed by atoms with Crippen LogP contribution in [0.1, 0.15) is 44.9 Å². The second kappa shape index (κ2) is 12.1. The quantitative estimate of drug-likeness (QED) is 0.329. The van der Waals surface area contributed by atoms with Crippen LogP contribution in [0.4, 0.5) is 11.4 Å². The van der Waals surface area contributed by atoms with Crippen LogP contribution >= 0.6 is 11.6 Å². The van der Waals surface area contributed by atoms with E-state index in [1.54, 1.807) is 0 Å². The topological polar surface area (TPSA) is 31.4 Å². The van der Waals surface area contributed by atoms with E-state index in [2.05, 4.69) is 86.4 Å². The molecule has 1 heterocycles. The summed E-state index contributed by atoms with van der Waals surface area (Å²) in [7, 11) is 4.12. The molecule has 1 unspecified atom stereocenters. The van der Waals surface area contributed by atoms with Crippen LogP contribution in [-0.2, 0) is 0 Å². The fourth-order valence-electron chi connectivity index (χ4n) is 3.97. The Hall–Kier alpha value is -2.56. The molecule has 176 valence electrons. The SMILES string of the molecule is CCN(CC)CCCC(C)Nc1cc(/C=C/c2ccc(Cl)cc2)nc2cc(N(C)C)ccc12. The Kier molecular flexibility index (Phi) is 9.16. The molecule has 0 radical (unpaired) electrons. The average molecular weight is 465 g/mol. The third kappa shape index (κ3) is 7.21. The highest BCUT2D eigenvalue weighted by atomic mass is 35.5. The van der Waals surface area contributed by atoms with Crippen LogP contribution in [0.15, 0.2) is 48.5 Å². The van der Waals surface area contributed by atoms with Crippen molar-refractivity contribution in [2.75, 3.05) is 43.9 Å². The molecule has 1 N–H and O–H groups in total. The Balaban J connectivity index is 1.85. The summed E-state index contributed by atoms with van der Waals surface area (Å²) in [4.78, 5) is 9.53. The van der Waals surface area contributed by atoms with Crippen LogP contribution < -0.4 is 10.2 Å². The van der Waals surface area contributed by atoms with Gasteiger partial charge in [-0.05, 0) is 87.4 Å². The first-order valence-corrected chi connectivity index (χ1v) is 12.3. The second-order valence-electron chi connectivity index (χ2n) is 8.79. The molecule has 3 rings (SSSR count). The van der Waals surface area contributed by atoms with Gasteiger partial charge in [0.1, 0.15) is 0 Å². The maximum atomic E-state index is 6.02. The highest BCUT2D eigenvalue weighted by molar-refractivity contribution is 6.30. The van der Waals surface area contributed by atoms with E-state index in [0.717, 1.165) is 64.6 Å². The maximum Gasteiger partial charge on any atom is 0.0750 e. The van der Waals surface area contributed by atoms with Gasteiger partial charge in [-0.3, -0.25) is 0 Å². The molecule has 0 saturated carbocycles. The number of halogens is 1. The normalized spacial score (nSPS) is 12.6. The Morgan fingerprint density at radius 2 is 1.73 bits per heavy atom. The molecule has 0 spiro atoms. The van der Waals surface area contributed by atoms with Crippen molar-refractivity contribution >= 4 is 46.0 Å². The molecule has 1 atom stereocenters. The van der Waals surface area contributed by atoms with Crippen LogP contribution in [0.5, 0.6) is 0 Å². The van der Waals surface area contributed by atoms with Gasteiger partial charge in [-0.25, -0.2) is 4.98 Å². The van der Waals surface area contributed by atoms with E-state index < -0.39 is 0 Å². The van der Waals surface area contributed by atoms with Crippen LogP contribution in [0.25, 0.3) is 23.1 Å². The monoisotopic (exact) mass is 464 g/mol. The van der Waals surface area contributed by atoms with Crippen LogP contribution in [0.2, 0.25) is 5.02 Å². The number of aromatic nitrogens is 1. The summed E-state index contributed by atoms with van der Waals surface area (Å²) in [5, 5.41) is 5.66. The van der Waals surface area contributed by atoms with Crippen molar-refractivity contribution in [3.8, 4) is 0 Å². The standard InChI is InChI=1S/C28H37ClN4/c1-6-33(7-2)18-8-9-21(3)30-27-19-24(15-12-22-10-13-23(29)14-11-22)31-28-20-25(32(4)5)16-17-26(27)28/h10-17,19-21H,6-9,18H2,1-5H3,(H,30,31)/b15-12+. The van der Waals surface area contributed by atoms with Crippen molar-refractivity contribution in [2.24, 2.45) is 0 Å². The summed E-state index contributed by atoms with van der Waals surface area (Å²) in [6.07, 6.45) is 6.47. The minimum atomic E-state index is 0.382. The Labute approximate surface area is 204 Å². The van der Waals surface area contributed by atoms with E-state index in [9.17, 15) is 0 Å². The van der Waals surface area contributed by atoms with Gasteiger partial charge in [0.05, 0.1) is 11.2 Å². The second-order valence-corrected chi connectivity index (χ2v) is 9.23. The molecule has 0 saturated heterocycles. The predicted octanol–water partition coefficient (Wildman–Crippen LogP) is 7.05. The molecule has 0 bridgehead atoms. The molecule has 3 aromatic rings. The van der Waals surface area contributed by atoms with Gasteiger partial charge in [-0.1, -0.05) is 43.7 Å². The summed E-state index contributed by atoms with van der Waals surface area (Å²) in [6.45, 7) is 10.1. The smallest absolute Gasteiger partial charge is 0.0750 e. The fourth-order valence-corrected chi connectivity index (χ4v) is 4.10. The minimum absolute atomic E-state index is 0.382. The minimum Gasteiger partial charge on any atom is -0.382 e. The zero-order chi connectivity index (χ0) is 23.8. The van der Waals surface area contributed by atoms with Gasteiger partial charge in [0, 0.05) is 41.9 Å². The highest BCUT2D eigenvalue weighted by Gasteiger charge is 2.10. The van der Waals surface area contributed by atoms with Crippen LogP contribution in [-0.4, -0.2) is 49.7 Å². The first-order chi connectivity index (χ1) is 15.9. The zero-order valence-electron chi connectivity index (χ0n) is 20.6. The van der Waals surface area contributed by atoms with Gasteiger partial charge in [0.25, 0.3) is 0 Å². The number of hydrogen-bond acceptors (Lipinski definition) is 4. The number of nitrogens with one attached hydrogen (secondary N) is 1. The molecule has 5 heteroatoms. The molecule has 0 fully saturated rings. The zero-order valence-corrected chi connectivity index (χ0v) is 21.4. The van der Waals surface area contributed by atoms with Gasteiger partial charge in [0.15, 0.2) is 0 Å². The number of benzene rings is 2. The third-order valence-corrected chi connectivity index (χ3v) is 6.31. The van der Waals surface area contributed by atoms with Crippen molar-refractivity contribution < 1.29 is 0 Å². The van der Waals surface area contributed by atoms with Crippen molar-refractivity contribution in [1.82, 2.24) is 9.88 Å². The van der Waals surface area contributed by atoms with E-state index in [-0.39, 0.29) is 0 Å². The largest absolute Gasteiger partial charge is 0.382 e. The van der Waals surface area contributed by atoms with Gasteiger partial charge in [-0.2, -0.15) is 0 Å². The molecule has 0 aliphatic rings. The van der Waals surface area contributed by atoms with Crippen molar-refractivity contribution in [2.45, 2.75) is 39.7 Å². The Morgan fingerprint density at radius 3 is 2.39 bits per heavy atom. The molecule has 33 heavy (non-hydrogen) atoms. The first-order valence-electron chi connectivity index (χ1n) is 11.9. The summed E-state index contributed by atoms with van der Waals surface area (Å²) in [5.74, 6) is 0. The van der Waals surface area contributed by atoms with Gasteiger partial charge in [0.2, 0.25) is 0 Å². The Morgan fingerprint density at radius 1 is 1.00 bits per heavy atom. The molecule has 4 nitrogen and oxygen atoms in total. The van der Waals surface area contributed by atoms with Crippen molar-refractivity contribution in [3.63, 3.8) is 0 Å². The molecular formula is C28H37ClN4. The Bertz CT molecular complexity index is 1060. The number of nitrogens with zero attached hydrogens (tertiary/aromatic N) is 3. The van der Waals surface area contributed by atoms with E-state index in [1.807, 2.05) is 24.3 Å². The first kappa shape index (κ1) is 25.1. The lowest BCUT2D eigenvalue weighted by atomic mass is 10.1. The van der Waals surface area contributed by atoms with E-state index in [0.29, 0.717) is 6.04 Å². The number of pyridine rings is 1. The fraction of sp³-hybridized carbons (Fsp3) is 0.393. The van der Waals surface area contributed by atoms with Crippen LogP contribution in [0.3, 0.4) is 0 Å². The molecule has 2 aromatic carbocycles. The van der Waals surface area contributed by atoms with E-state index in [4.69, 9.17) is 16.6 Å². The third-order valence-electron chi connectivity index (χ3n) is 6.05. The summed E-state index contributed by atoms with van der Waals surface area (Å²) in [6, 6.07) is 16.9. The van der Waals surface area contributed by atoms with Crippen molar-refractivity contribution in [3.05, 3.63) is 64.8 Å². The number of hydrogen-bond donors (Lipinski definition) is 1. The number of rotatable bonds is 11. The summed E-state index contributed by atoms with van der Waals surface area (Å²) < 4.78 is 0. The average Bonchev–Trinajstić information content (AvgIpc) is 2.81. The maximum absolute atomic E-state index is 6.02. The molecule has 0 aliphatic heterocycles. The molecule has 1 aromatic heterocycles. The molecular weight excluding hydrogens is 428 g/mol. The van der Waals surface area contributed by atoms with Gasteiger partial charge < -0.3 is 15.1 Å². The summed E-state index contributed by atoms with van der Waals surface area (Å²) >= 11 is 6.02. The number of fused-ring (bicyclic) bond motifs is 1. The summed E-state index contributed by atoms with van der Waals surface area (Å²) in [5.41, 5.74) is 5.31. The van der Waals surface area contributed by atoms with E-state index >= 15 is 0 Å². The van der Waals surface area contributed by atoms with Crippen molar-refractivity contribution in [1.29, 1.82) is 0 Å². The van der Waals surface area contributed by atoms with Gasteiger partial charge >= 0.3 is 0 Å². The van der Waals surface area contributed by atoms with Gasteiger partial charge in [-0.15, -0.1) is 0 Å². The molecule has 0 amide bonds. The predicted molar refractivity (Wildman–Crippen MR) is 147 cm³/mol. The number of anilines is 2. The lowest BCUT2D eigenvalue weighted by molar-refractivity contribution is 0.295. The highest BCUT2D eigenvalue weighted by Crippen LogP contribution is 2.28. The van der Waals surface area contributed by atoms with E-state index in [1.165, 1.54) is 6.42 Å².